The first-order valence-corrected chi connectivity index (χ1v) is 8.66. The summed E-state index contributed by atoms with van der Waals surface area (Å²) in [6.45, 7) is 2.35. The molecule has 2 N–H and O–H groups in total. The van der Waals surface area contributed by atoms with Gasteiger partial charge in [-0.3, -0.25) is 4.79 Å². The van der Waals surface area contributed by atoms with Gasteiger partial charge in [-0.15, -0.1) is 11.3 Å². The Kier molecular flexibility index (Phi) is 3.46. The van der Waals surface area contributed by atoms with E-state index in [2.05, 4.69) is 4.98 Å². The highest BCUT2D eigenvalue weighted by Gasteiger charge is 2.54. The first-order chi connectivity index (χ1) is 11.1. The molecule has 0 spiro atoms. The van der Waals surface area contributed by atoms with Gasteiger partial charge in [0.05, 0.1) is 9.88 Å². The van der Waals surface area contributed by atoms with Crippen LogP contribution in [0.15, 0.2) is 24.3 Å². The van der Waals surface area contributed by atoms with Crippen LogP contribution in [0.25, 0.3) is 10.4 Å². The van der Waals surface area contributed by atoms with E-state index in [0.29, 0.717) is 29.8 Å². The van der Waals surface area contributed by atoms with Gasteiger partial charge in [-0.05, 0) is 43.4 Å². The molecule has 2 aliphatic rings. The average Bonchev–Trinajstić information content (AvgIpc) is 3.02. The summed E-state index contributed by atoms with van der Waals surface area (Å²) >= 11 is 1.43. The number of rotatable bonds is 3. The lowest BCUT2D eigenvalue weighted by Gasteiger charge is -2.26. The van der Waals surface area contributed by atoms with E-state index in [0.717, 1.165) is 22.7 Å². The molecule has 2 aromatic rings. The number of nitrogens with two attached hydrogens (primary N) is 1. The van der Waals surface area contributed by atoms with Crippen LogP contribution in [0.3, 0.4) is 0 Å². The lowest BCUT2D eigenvalue weighted by atomic mass is 10.1. The Morgan fingerprint density at radius 3 is 3.04 bits per heavy atom. The molecule has 2 heterocycles. The van der Waals surface area contributed by atoms with E-state index in [1.165, 1.54) is 23.5 Å². The molecular weight excluding hydrogens is 313 g/mol. The Labute approximate surface area is 138 Å². The van der Waals surface area contributed by atoms with Gasteiger partial charge < -0.3 is 10.6 Å². The number of aromatic nitrogens is 1. The summed E-state index contributed by atoms with van der Waals surface area (Å²) in [5, 5.41) is 0.809. The highest BCUT2D eigenvalue weighted by molar-refractivity contribution is 7.15. The Morgan fingerprint density at radius 2 is 2.30 bits per heavy atom. The van der Waals surface area contributed by atoms with E-state index in [9.17, 15) is 9.18 Å². The molecule has 0 bridgehead atoms. The van der Waals surface area contributed by atoms with Gasteiger partial charge in [0.1, 0.15) is 11.5 Å². The van der Waals surface area contributed by atoms with Crippen LogP contribution >= 0.6 is 11.3 Å². The number of fused-ring (bicyclic) bond motifs is 1. The predicted molar refractivity (Wildman–Crippen MR) is 87.8 cm³/mol. The number of aryl methyl sites for hydroxylation is 1. The first kappa shape index (κ1) is 14.8. The van der Waals surface area contributed by atoms with E-state index in [1.54, 1.807) is 6.07 Å². The molecule has 0 radical (unpaired) electrons. The van der Waals surface area contributed by atoms with Crippen LogP contribution in [0.5, 0.6) is 0 Å². The maximum absolute atomic E-state index is 13.6. The largest absolute Gasteiger partial charge is 0.330 e. The maximum atomic E-state index is 13.6. The molecular formula is C17H18FN3OS. The van der Waals surface area contributed by atoms with Crippen molar-refractivity contribution in [2.75, 3.05) is 6.54 Å². The summed E-state index contributed by atoms with van der Waals surface area (Å²) in [7, 11) is 0. The van der Waals surface area contributed by atoms with E-state index in [1.807, 2.05) is 17.9 Å². The Morgan fingerprint density at radius 1 is 1.48 bits per heavy atom. The zero-order valence-electron chi connectivity index (χ0n) is 12.8. The van der Waals surface area contributed by atoms with Crippen LogP contribution < -0.4 is 5.73 Å². The first-order valence-electron chi connectivity index (χ1n) is 7.84. The molecule has 120 valence electrons. The molecule has 1 aromatic carbocycles. The number of amides is 1. The number of halogens is 1. The molecule has 0 unspecified atom stereocenters. The molecule has 1 saturated heterocycles. The molecule has 1 aromatic heterocycles. The van der Waals surface area contributed by atoms with E-state index >= 15 is 0 Å². The van der Waals surface area contributed by atoms with Gasteiger partial charge >= 0.3 is 0 Å². The highest BCUT2D eigenvalue weighted by Crippen LogP contribution is 2.48. The topological polar surface area (TPSA) is 59.2 Å². The van der Waals surface area contributed by atoms with Crippen LogP contribution in [0, 0.1) is 18.7 Å². The normalized spacial score (nSPS) is 25.5. The zero-order valence-corrected chi connectivity index (χ0v) is 13.6. The number of nitrogens with zero attached hydrogens (tertiary/aromatic N) is 2. The van der Waals surface area contributed by atoms with Crippen molar-refractivity contribution in [3.05, 3.63) is 40.8 Å². The monoisotopic (exact) mass is 331 g/mol. The Bertz CT molecular complexity index is 775. The molecule has 6 heteroatoms. The van der Waals surface area contributed by atoms with Gasteiger partial charge in [0.15, 0.2) is 0 Å². The Hall–Kier alpha value is -1.79. The van der Waals surface area contributed by atoms with Crippen LogP contribution in [0.1, 0.15) is 28.3 Å². The van der Waals surface area contributed by atoms with Gasteiger partial charge in [-0.2, -0.15) is 0 Å². The summed E-state index contributed by atoms with van der Waals surface area (Å²) in [6.07, 6.45) is 2.06. The van der Waals surface area contributed by atoms with Crippen molar-refractivity contribution >= 4 is 17.2 Å². The Balaban J connectivity index is 1.73. The van der Waals surface area contributed by atoms with Crippen molar-refractivity contribution < 1.29 is 9.18 Å². The van der Waals surface area contributed by atoms with E-state index in [-0.39, 0.29) is 17.8 Å². The van der Waals surface area contributed by atoms with Crippen molar-refractivity contribution in [2.24, 2.45) is 11.7 Å². The van der Waals surface area contributed by atoms with Crippen molar-refractivity contribution in [1.82, 2.24) is 9.88 Å². The standard InChI is InChI=1S/C17H18FN3OS/c1-9-20-15(16(23-9)10-3-2-4-12(18)5-10)17(22)21-13(8-19)6-11-7-14(11)21/h2-5,11,13-14H,6-8,19H2,1H3/t11-,13+,14+/m1/s1. The van der Waals surface area contributed by atoms with Crippen molar-refractivity contribution in [1.29, 1.82) is 0 Å². The lowest BCUT2D eigenvalue weighted by Crippen LogP contribution is -2.42. The zero-order chi connectivity index (χ0) is 16.1. The quantitative estimate of drug-likeness (QED) is 0.941. The predicted octanol–water partition coefficient (Wildman–Crippen LogP) is 2.82. The summed E-state index contributed by atoms with van der Waals surface area (Å²) in [5.41, 5.74) is 6.97. The third-order valence-electron chi connectivity index (χ3n) is 4.74. The SMILES string of the molecule is Cc1nc(C(=O)N2[C@H](CN)C[C@@H]3C[C@@H]32)c(-c2cccc(F)c2)s1. The lowest BCUT2D eigenvalue weighted by molar-refractivity contribution is 0.0701. The molecule has 1 saturated carbocycles. The number of hydrogen-bond acceptors (Lipinski definition) is 4. The number of likely N-dealkylation sites (tertiary alicyclic amines) is 1. The van der Waals surface area contributed by atoms with Crippen LogP contribution in [0.4, 0.5) is 4.39 Å². The number of hydrogen-bond donors (Lipinski definition) is 1. The van der Waals surface area contributed by atoms with Gasteiger partial charge in [-0.25, -0.2) is 9.37 Å². The minimum absolute atomic E-state index is 0.0611. The average molecular weight is 331 g/mol. The van der Waals surface area contributed by atoms with Crippen LogP contribution in [-0.2, 0) is 0 Å². The van der Waals surface area contributed by atoms with E-state index < -0.39 is 0 Å². The molecule has 1 amide bonds. The minimum Gasteiger partial charge on any atom is -0.330 e. The van der Waals surface area contributed by atoms with Crippen molar-refractivity contribution in [3.8, 4) is 10.4 Å². The number of thiazole rings is 1. The van der Waals surface area contributed by atoms with Gasteiger partial charge in [0.25, 0.3) is 5.91 Å². The second-order valence-corrected chi connectivity index (χ2v) is 7.52. The third kappa shape index (κ3) is 2.46. The maximum Gasteiger partial charge on any atom is 0.274 e. The number of carbonyl (C=O) groups is 1. The molecule has 2 fully saturated rings. The highest BCUT2D eigenvalue weighted by atomic mass is 32.1. The number of benzene rings is 1. The smallest absolute Gasteiger partial charge is 0.274 e. The summed E-state index contributed by atoms with van der Waals surface area (Å²) < 4.78 is 13.6. The fraction of sp³-hybridized carbons (Fsp3) is 0.412. The molecule has 3 atom stereocenters. The second kappa shape index (κ2) is 5.39. The molecule has 4 rings (SSSR count). The summed E-state index contributed by atoms with van der Waals surface area (Å²) in [6, 6.07) is 6.75. The van der Waals surface area contributed by atoms with Gasteiger partial charge in [0.2, 0.25) is 0 Å². The van der Waals surface area contributed by atoms with Gasteiger partial charge in [0, 0.05) is 18.6 Å². The van der Waals surface area contributed by atoms with Crippen molar-refractivity contribution in [2.45, 2.75) is 31.8 Å². The molecule has 1 aliphatic heterocycles. The third-order valence-corrected chi connectivity index (χ3v) is 5.76. The molecule has 1 aliphatic carbocycles. The summed E-state index contributed by atoms with van der Waals surface area (Å²) in [5.74, 6) is 0.231. The minimum atomic E-state index is -0.310. The fourth-order valence-corrected chi connectivity index (χ4v) is 4.51. The van der Waals surface area contributed by atoms with E-state index in [4.69, 9.17) is 5.73 Å². The summed E-state index contributed by atoms with van der Waals surface area (Å²) in [4.78, 5) is 20.2. The van der Waals surface area contributed by atoms with Crippen LogP contribution in [-0.4, -0.2) is 34.4 Å². The number of piperidine rings is 1. The van der Waals surface area contributed by atoms with Gasteiger partial charge in [-0.1, -0.05) is 12.1 Å². The second-order valence-electron chi connectivity index (χ2n) is 6.32. The van der Waals surface area contributed by atoms with Crippen LogP contribution in [0.2, 0.25) is 0 Å². The molecule has 4 nitrogen and oxygen atoms in total. The van der Waals surface area contributed by atoms with Crippen molar-refractivity contribution in [3.63, 3.8) is 0 Å². The fourth-order valence-electron chi connectivity index (χ4n) is 3.61. The molecule has 23 heavy (non-hydrogen) atoms. The number of carbonyl (C=O) groups excluding carboxylic acids is 1.